The molecule has 6 heterocycles. The predicted molar refractivity (Wildman–Crippen MR) is 249 cm³/mol. The standard InChI is InChI=1S/C50H55ClF5N7O5/c1-29-20-39(60(23-30-8-14-35(65-5)15-9-30)24-31-10-16-36(66-6)17-11-31)57-44(41(29)50(54,55)56)40-38(51)21-37-43(42(40)53)58-46(67-28-49-18-7-19-62(49)25-32(52)22-49)59-45(37)61-26-33-12-13-34(27-61)63(33)47(64)68-48(2,3)4/h8-11,14-17,20-21,32-34H,7,12-13,18-19,22-28H2,1-6H3/t32-,33?,34?,49+/m1/s1. The van der Waals surface area contributed by atoms with Crippen LogP contribution in [0.2, 0.25) is 5.02 Å². The summed E-state index contributed by atoms with van der Waals surface area (Å²) in [5.74, 6) is 0.499. The molecule has 4 saturated heterocycles. The van der Waals surface area contributed by atoms with Crippen molar-refractivity contribution in [3.63, 3.8) is 0 Å². The predicted octanol–water partition coefficient (Wildman–Crippen LogP) is 10.6. The van der Waals surface area contributed by atoms with Gasteiger partial charge in [0.15, 0.2) is 5.82 Å². The Morgan fingerprint density at radius 1 is 0.897 bits per heavy atom. The van der Waals surface area contributed by atoms with E-state index in [0.717, 1.165) is 17.5 Å². The first-order chi connectivity index (χ1) is 32.3. The summed E-state index contributed by atoms with van der Waals surface area (Å²) in [5.41, 5.74) is -2.67. The number of aryl methyl sites for hydroxylation is 1. The molecule has 0 saturated carbocycles. The van der Waals surface area contributed by atoms with Gasteiger partial charge in [-0.25, -0.2) is 18.6 Å². The van der Waals surface area contributed by atoms with Gasteiger partial charge in [0.05, 0.1) is 53.7 Å². The van der Waals surface area contributed by atoms with Gasteiger partial charge >= 0.3 is 18.3 Å². The molecule has 5 aromatic rings. The lowest BCUT2D eigenvalue weighted by Gasteiger charge is -2.42. The van der Waals surface area contributed by atoms with Crippen LogP contribution in [0.25, 0.3) is 22.2 Å². The third-order valence-electron chi connectivity index (χ3n) is 13.6. The van der Waals surface area contributed by atoms with Gasteiger partial charge in [0, 0.05) is 44.5 Å². The second-order valence-corrected chi connectivity index (χ2v) is 19.8. The van der Waals surface area contributed by atoms with Crippen LogP contribution < -0.4 is 24.0 Å². The van der Waals surface area contributed by atoms with E-state index in [2.05, 4.69) is 14.9 Å². The number of amides is 1. The Balaban J connectivity index is 1.17. The molecule has 4 aliphatic rings. The molecule has 1 amide bonds. The number of nitrogens with zero attached hydrogens (tertiary/aromatic N) is 7. The summed E-state index contributed by atoms with van der Waals surface area (Å²) in [4.78, 5) is 35.0. The summed E-state index contributed by atoms with van der Waals surface area (Å²) < 4.78 is 102. The zero-order valence-corrected chi connectivity index (χ0v) is 39.7. The van der Waals surface area contributed by atoms with Gasteiger partial charge in [0.2, 0.25) is 0 Å². The van der Waals surface area contributed by atoms with Crippen LogP contribution >= 0.6 is 11.6 Å². The first-order valence-electron chi connectivity index (χ1n) is 22.9. The minimum atomic E-state index is -4.98. The van der Waals surface area contributed by atoms with Gasteiger partial charge in [-0.2, -0.15) is 23.1 Å². The number of methoxy groups -OCH3 is 2. The molecule has 362 valence electrons. The van der Waals surface area contributed by atoms with E-state index in [1.807, 2.05) is 29.2 Å². The number of aromatic nitrogens is 3. The van der Waals surface area contributed by atoms with Gasteiger partial charge in [-0.15, -0.1) is 0 Å². The summed E-state index contributed by atoms with van der Waals surface area (Å²) >= 11 is 7.03. The lowest BCUT2D eigenvalue weighted by molar-refractivity contribution is -0.137. The Kier molecular flexibility index (Phi) is 12.8. The van der Waals surface area contributed by atoms with Crippen molar-refractivity contribution in [3.05, 3.63) is 93.8 Å². The molecule has 0 N–H and O–H groups in total. The highest BCUT2D eigenvalue weighted by molar-refractivity contribution is 6.34. The molecule has 2 aromatic heterocycles. The number of hydrogen-bond donors (Lipinski definition) is 0. The minimum absolute atomic E-state index is 0.0251. The van der Waals surface area contributed by atoms with Crippen molar-refractivity contribution in [1.82, 2.24) is 24.8 Å². The number of anilines is 2. The quantitative estimate of drug-likeness (QED) is 0.112. The van der Waals surface area contributed by atoms with Crippen molar-refractivity contribution >= 4 is 40.2 Å². The van der Waals surface area contributed by atoms with E-state index in [9.17, 15) is 9.18 Å². The SMILES string of the molecule is COc1ccc(CN(Cc2ccc(OC)cc2)c2cc(C)c(C(F)(F)F)c(-c3c(Cl)cc4c(N5CC6CCC(C5)N6C(=O)OC(C)(C)C)nc(OC[C@@]56CCCN5C[C@H](F)C6)nc4c3F)n2)cc1. The summed E-state index contributed by atoms with van der Waals surface area (Å²) in [6.45, 7) is 8.76. The van der Waals surface area contributed by atoms with E-state index in [0.29, 0.717) is 50.4 Å². The molecule has 9 rings (SSSR count). The Morgan fingerprint density at radius 2 is 1.51 bits per heavy atom. The van der Waals surface area contributed by atoms with E-state index in [-0.39, 0.29) is 83.9 Å². The van der Waals surface area contributed by atoms with Gasteiger partial charge in [0.25, 0.3) is 0 Å². The number of piperazine rings is 1. The highest BCUT2D eigenvalue weighted by Crippen LogP contribution is 2.47. The number of alkyl halides is 4. The average Bonchev–Trinajstić information content (AvgIpc) is 3.91. The third kappa shape index (κ3) is 9.39. The fourth-order valence-electron chi connectivity index (χ4n) is 10.5. The Labute approximate surface area is 397 Å². The highest BCUT2D eigenvalue weighted by atomic mass is 35.5. The molecular formula is C50H55ClF5N7O5. The number of benzene rings is 3. The Bertz CT molecular complexity index is 2620. The summed E-state index contributed by atoms with van der Waals surface area (Å²) in [6.07, 6.45) is -3.28. The highest BCUT2D eigenvalue weighted by Gasteiger charge is 2.50. The Hall–Kier alpha value is -5.68. The number of carbonyl (C=O) groups is 1. The van der Waals surface area contributed by atoms with E-state index < -0.39 is 52.2 Å². The molecule has 0 radical (unpaired) electrons. The zero-order chi connectivity index (χ0) is 48.3. The van der Waals surface area contributed by atoms with Crippen molar-refractivity contribution in [2.24, 2.45) is 0 Å². The maximum atomic E-state index is 17.9. The molecule has 4 fully saturated rings. The van der Waals surface area contributed by atoms with Crippen LogP contribution in [-0.4, -0.2) is 107 Å². The third-order valence-corrected chi connectivity index (χ3v) is 13.9. The number of rotatable bonds is 12. The van der Waals surface area contributed by atoms with Crippen LogP contribution in [0.4, 0.5) is 38.4 Å². The second kappa shape index (κ2) is 18.3. The van der Waals surface area contributed by atoms with E-state index >= 15 is 17.6 Å². The molecule has 0 aliphatic carbocycles. The molecule has 12 nitrogen and oxygen atoms in total. The van der Waals surface area contributed by atoms with E-state index in [1.54, 1.807) is 69.1 Å². The number of pyridine rings is 1. The normalized spacial score (nSPS) is 21.6. The summed E-state index contributed by atoms with van der Waals surface area (Å²) in [7, 11) is 3.11. The molecule has 0 spiro atoms. The lowest BCUT2D eigenvalue weighted by atomic mass is 9.95. The van der Waals surface area contributed by atoms with Crippen LogP contribution in [0.1, 0.15) is 75.1 Å². The lowest BCUT2D eigenvalue weighted by Crippen LogP contribution is -2.57. The fraction of sp³-hybridized carbons (Fsp3) is 0.480. The van der Waals surface area contributed by atoms with Gasteiger partial charge in [-0.1, -0.05) is 35.9 Å². The number of carbonyl (C=O) groups excluding carboxylic acids is 1. The summed E-state index contributed by atoms with van der Waals surface area (Å²) in [6, 6.07) is 16.5. The fourth-order valence-corrected chi connectivity index (χ4v) is 10.8. The largest absolute Gasteiger partial charge is 0.497 e. The Morgan fingerprint density at radius 3 is 2.09 bits per heavy atom. The smallest absolute Gasteiger partial charge is 0.418 e. The van der Waals surface area contributed by atoms with Crippen molar-refractivity contribution in [3.8, 4) is 28.8 Å². The van der Waals surface area contributed by atoms with Crippen molar-refractivity contribution in [1.29, 1.82) is 0 Å². The molecular weight excluding hydrogens is 909 g/mol. The molecule has 4 aliphatic heterocycles. The monoisotopic (exact) mass is 963 g/mol. The summed E-state index contributed by atoms with van der Waals surface area (Å²) in [5, 5.41) is -0.197. The second-order valence-electron chi connectivity index (χ2n) is 19.4. The minimum Gasteiger partial charge on any atom is -0.497 e. The maximum Gasteiger partial charge on any atom is 0.418 e. The number of hydrogen-bond acceptors (Lipinski definition) is 11. The van der Waals surface area contributed by atoms with Crippen molar-refractivity contribution < 1.29 is 45.7 Å². The first-order valence-corrected chi connectivity index (χ1v) is 23.3. The van der Waals surface area contributed by atoms with Crippen LogP contribution in [-0.2, 0) is 24.0 Å². The van der Waals surface area contributed by atoms with Crippen molar-refractivity contribution in [2.45, 2.75) is 108 Å². The van der Waals surface area contributed by atoms with Gasteiger partial charge in [0.1, 0.15) is 47.0 Å². The molecule has 3 aromatic carbocycles. The molecule has 18 heteroatoms. The van der Waals surface area contributed by atoms with E-state index in [4.69, 9.17) is 35.5 Å². The topological polar surface area (TPSA) is 106 Å². The molecule has 2 bridgehead atoms. The van der Waals surface area contributed by atoms with Crippen LogP contribution in [0.3, 0.4) is 0 Å². The van der Waals surface area contributed by atoms with Gasteiger partial charge in [-0.05, 0) is 113 Å². The molecule has 2 unspecified atom stereocenters. The van der Waals surface area contributed by atoms with Crippen LogP contribution in [0, 0.1) is 12.7 Å². The zero-order valence-electron chi connectivity index (χ0n) is 38.9. The average molecular weight is 964 g/mol. The van der Waals surface area contributed by atoms with Crippen LogP contribution in [0.15, 0.2) is 60.7 Å². The number of fused-ring (bicyclic) bond motifs is 4. The van der Waals surface area contributed by atoms with Crippen molar-refractivity contribution in [2.75, 3.05) is 56.8 Å². The number of ether oxygens (including phenoxy) is 4. The van der Waals surface area contributed by atoms with E-state index in [1.165, 1.54) is 19.1 Å². The number of halogens is 6. The first kappa shape index (κ1) is 47.4. The van der Waals surface area contributed by atoms with Crippen LogP contribution in [0.5, 0.6) is 17.5 Å². The molecule has 4 atom stereocenters. The van der Waals surface area contributed by atoms with Gasteiger partial charge < -0.3 is 28.7 Å². The molecule has 68 heavy (non-hydrogen) atoms. The van der Waals surface area contributed by atoms with Gasteiger partial charge in [-0.3, -0.25) is 9.80 Å². The maximum absolute atomic E-state index is 17.9.